The summed E-state index contributed by atoms with van der Waals surface area (Å²) in [5.41, 5.74) is 0. The van der Waals surface area contributed by atoms with E-state index >= 15 is 0 Å². The molecule has 1 atom stereocenters. The third-order valence-electron chi connectivity index (χ3n) is 1.72. The molecule has 1 amide bonds. The van der Waals surface area contributed by atoms with Gasteiger partial charge in [0.05, 0.1) is 3.79 Å². The molecule has 0 aromatic carbocycles. The Morgan fingerprint density at radius 3 is 2.64 bits per heavy atom. The summed E-state index contributed by atoms with van der Waals surface area (Å²) in [6.07, 6.45) is 0. The second-order valence-electron chi connectivity index (χ2n) is 2.67. The van der Waals surface area contributed by atoms with E-state index in [0.29, 0.717) is 5.11 Å². The molecule has 0 spiro atoms. The first-order valence-electron chi connectivity index (χ1n) is 3.64. The Bertz CT molecular complexity index is 398. The van der Waals surface area contributed by atoms with Gasteiger partial charge in [-0.25, -0.2) is 0 Å². The molecule has 2 rings (SSSR count). The zero-order valence-electron chi connectivity index (χ0n) is 6.64. The fraction of sp³-hybridized carbons (Fsp3) is 0.143. The summed E-state index contributed by atoms with van der Waals surface area (Å²) >= 11 is 13.1. The lowest BCUT2D eigenvalue weighted by atomic mass is 10.2. The van der Waals surface area contributed by atoms with E-state index in [1.807, 2.05) is 6.07 Å². The Hall–Kier alpha value is 0.0200. The molecule has 0 saturated carbocycles. The number of hydrogen-bond acceptors (Lipinski definition) is 3. The first-order valence-corrected chi connectivity index (χ1v) is 6.45. The van der Waals surface area contributed by atoms with Crippen LogP contribution in [0.4, 0.5) is 0 Å². The second kappa shape index (κ2) is 3.88. The van der Waals surface area contributed by atoms with Gasteiger partial charge in [-0.15, -0.1) is 11.3 Å². The van der Waals surface area contributed by atoms with Crippen molar-refractivity contribution in [2.45, 2.75) is 6.04 Å². The fourth-order valence-corrected chi connectivity index (χ4v) is 3.48. The number of hydrogen-bond donors (Lipinski definition) is 2. The van der Waals surface area contributed by atoms with Crippen molar-refractivity contribution in [1.29, 1.82) is 0 Å². The van der Waals surface area contributed by atoms with Gasteiger partial charge in [0.2, 0.25) is 0 Å². The lowest BCUT2D eigenvalue weighted by Gasteiger charge is -2.02. The van der Waals surface area contributed by atoms with Crippen LogP contribution in [0.2, 0.25) is 0 Å². The summed E-state index contributed by atoms with van der Waals surface area (Å²) in [6, 6.07) is 1.55. The summed E-state index contributed by atoms with van der Waals surface area (Å²) in [5, 5.41) is 5.84. The predicted octanol–water partition coefficient (Wildman–Crippen LogP) is 2.32. The van der Waals surface area contributed by atoms with Crippen molar-refractivity contribution in [1.82, 2.24) is 10.6 Å². The maximum Gasteiger partial charge on any atom is 0.254 e. The van der Waals surface area contributed by atoms with E-state index in [1.165, 1.54) is 11.3 Å². The lowest BCUT2D eigenvalue weighted by Crippen LogP contribution is -2.21. The first-order chi connectivity index (χ1) is 6.58. The van der Waals surface area contributed by atoms with Crippen LogP contribution in [0.3, 0.4) is 0 Å². The molecular formula is C7H4Br2N2OS2. The van der Waals surface area contributed by atoms with Gasteiger partial charge < -0.3 is 10.6 Å². The van der Waals surface area contributed by atoms with Crippen LogP contribution in [0.15, 0.2) is 14.3 Å². The van der Waals surface area contributed by atoms with Crippen LogP contribution in [0.1, 0.15) is 10.9 Å². The van der Waals surface area contributed by atoms with Crippen LogP contribution in [-0.2, 0) is 4.79 Å². The normalized spacial score (nSPS) is 20.9. The van der Waals surface area contributed by atoms with Crippen LogP contribution in [0.5, 0.6) is 0 Å². The average Bonchev–Trinajstić information content (AvgIpc) is 2.57. The van der Waals surface area contributed by atoms with E-state index in [9.17, 15) is 4.79 Å². The van der Waals surface area contributed by atoms with Crippen molar-refractivity contribution < 1.29 is 4.79 Å². The Balaban J connectivity index is 2.31. The Morgan fingerprint density at radius 1 is 1.50 bits per heavy atom. The Morgan fingerprint density at radius 2 is 2.21 bits per heavy atom. The van der Waals surface area contributed by atoms with E-state index in [4.69, 9.17) is 12.2 Å². The maximum atomic E-state index is 11.4. The van der Waals surface area contributed by atoms with E-state index < -0.39 is 0 Å². The molecule has 14 heavy (non-hydrogen) atoms. The smallest absolute Gasteiger partial charge is 0.254 e. The lowest BCUT2D eigenvalue weighted by molar-refractivity contribution is -0.120. The van der Waals surface area contributed by atoms with Gasteiger partial charge in [0.25, 0.3) is 5.91 Å². The average molecular weight is 356 g/mol. The van der Waals surface area contributed by atoms with Crippen molar-refractivity contribution in [2.24, 2.45) is 0 Å². The number of nitrogens with one attached hydrogen (secondary N) is 2. The highest BCUT2D eigenvalue weighted by atomic mass is 79.9. The van der Waals surface area contributed by atoms with Gasteiger partial charge in [-0.05, 0) is 50.1 Å². The minimum atomic E-state index is -0.352. The molecule has 0 bridgehead atoms. The van der Waals surface area contributed by atoms with E-state index in [1.54, 1.807) is 0 Å². The number of carbonyl (C=O) groups is 1. The van der Waals surface area contributed by atoms with Crippen LogP contribution < -0.4 is 10.6 Å². The number of halogens is 2. The predicted molar refractivity (Wildman–Crippen MR) is 66.3 cm³/mol. The minimum absolute atomic E-state index is 0.101. The number of thiophene rings is 1. The van der Waals surface area contributed by atoms with Crippen molar-refractivity contribution in [3.63, 3.8) is 0 Å². The molecule has 1 saturated heterocycles. The van der Waals surface area contributed by atoms with Crippen molar-refractivity contribution >= 4 is 66.4 Å². The number of thiocarbonyl (C=S) groups is 1. The van der Waals surface area contributed by atoms with E-state index in [2.05, 4.69) is 42.5 Å². The van der Waals surface area contributed by atoms with Crippen LogP contribution in [0, 0.1) is 0 Å². The minimum Gasteiger partial charge on any atom is -0.346 e. The molecule has 0 radical (unpaired) electrons. The molecule has 3 nitrogen and oxygen atoms in total. The van der Waals surface area contributed by atoms with Crippen molar-refractivity contribution in [3.8, 4) is 0 Å². The third-order valence-corrected chi connectivity index (χ3v) is 5.26. The third kappa shape index (κ3) is 1.86. The molecule has 74 valence electrons. The Labute approximate surface area is 107 Å². The SMILES string of the molecule is O=C1NC(=S)NC1c1cc(Br)c(Br)s1. The van der Waals surface area contributed by atoms with Gasteiger partial charge in [0, 0.05) is 9.35 Å². The number of carbonyl (C=O) groups excluding carboxylic acids is 1. The largest absolute Gasteiger partial charge is 0.346 e. The Kier molecular flexibility index (Phi) is 2.92. The highest BCUT2D eigenvalue weighted by Crippen LogP contribution is 2.36. The standard InChI is InChI=1S/C7H4Br2N2OS2/c8-2-1-3(14-5(2)9)4-6(12)11-7(13)10-4/h1,4H,(H2,10,11,12,13). The van der Waals surface area contributed by atoms with Crippen LogP contribution in [-0.4, -0.2) is 11.0 Å². The van der Waals surface area contributed by atoms with Crippen LogP contribution >= 0.6 is 55.4 Å². The number of amides is 1. The monoisotopic (exact) mass is 354 g/mol. The quantitative estimate of drug-likeness (QED) is 0.759. The summed E-state index contributed by atoms with van der Waals surface area (Å²) < 4.78 is 1.92. The maximum absolute atomic E-state index is 11.4. The number of rotatable bonds is 1. The van der Waals surface area contributed by atoms with Crippen molar-refractivity contribution in [2.75, 3.05) is 0 Å². The zero-order chi connectivity index (χ0) is 10.3. The highest BCUT2D eigenvalue weighted by molar-refractivity contribution is 9.13. The van der Waals surface area contributed by atoms with E-state index in [-0.39, 0.29) is 11.9 Å². The molecule has 2 heterocycles. The van der Waals surface area contributed by atoms with E-state index in [0.717, 1.165) is 13.1 Å². The summed E-state index contributed by atoms with van der Waals surface area (Å²) in [6.45, 7) is 0. The van der Waals surface area contributed by atoms with Gasteiger partial charge in [-0.1, -0.05) is 0 Å². The summed E-state index contributed by atoms with van der Waals surface area (Å²) in [7, 11) is 0. The van der Waals surface area contributed by atoms with Gasteiger partial charge in [-0.2, -0.15) is 0 Å². The van der Waals surface area contributed by atoms with Gasteiger partial charge >= 0.3 is 0 Å². The molecule has 0 aliphatic carbocycles. The van der Waals surface area contributed by atoms with Gasteiger partial charge in [0.15, 0.2) is 5.11 Å². The highest BCUT2D eigenvalue weighted by Gasteiger charge is 2.30. The fourth-order valence-electron chi connectivity index (χ4n) is 1.12. The molecule has 1 unspecified atom stereocenters. The summed E-state index contributed by atoms with van der Waals surface area (Å²) in [4.78, 5) is 12.4. The molecular weight excluding hydrogens is 352 g/mol. The molecule has 1 fully saturated rings. The molecule has 1 aliphatic rings. The van der Waals surface area contributed by atoms with Crippen LogP contribution in [0.25, 0.3) is 0 Å². The molecule has 1 aromatic rings. The summed E-state index contributed by atoms with van der Waals surface area (Å²) in [5.74, 6) is -0.101. The first kappa shape index (κ1) is 10.5. The molecule has 7 heteroatoms. The molecule has 1 aromatic heterocycles. The topological polar surface area (TPSA) is 41.1 Å². The van der Waals surface area contributed by atoms with Gasteiger partial charge in [0.1, 0.15) is 6.04 Å². The van der Waals surface area contributed by atoms with Crippen molar-refractivity contribution in [3.05, 3.63) is 19.2 Å². The zero-order valence-corrected chi connectivity index (χ0v) is 11.4. The molecule has 1 aliphatic heterocycles. The molecule has 2 N–H and O–H groups in total. The van der Waals surface area contributed by atoms with Gasteiger partial charge in [-0.3, -0.25) is 4.79 Å². The second-order valence-corrected chi connectivity index (χ2v) is 6.33.